The van der Waals surface area contributed by atoms with E-state index in [1.165, 1.54) is 18.4 Å². The van der Waals surface area contributed by atoms with Gasteiger partial charge in [-0.15, -0.1) is 0 Å². The summed E-state index contributed by atoms with van der Waals surface area (Å²) >= 11 is 0. The van der Waals surface area contributed by atoms with Gasteiger partial charge in [-0.25, -0.2) is 4.79 Å². The molecule has 0 saturated carbocycles. The highest BCUT2D eigenvalue weighted by Crippen LogP contribution is 2.13. The molecule has 15 heavy (non-hydrogen) atoms. The van der Waals surface area contributed by atoms with E-state index in [9.17, 15) is 4.79 Å². The zero-order valence-electron chi connectivity index (χ0n) is 9.36. The molecule has 0 heterocycles. The Hall–Kier alpha value is -1.31. The summed E-state index contributed by atoms with van der Waals surface area (Å²) < 4.78 is 0. The van der Waals surface area contributed by atoms with Crippen molar-refractivity contribution in [3.63, 3.8) is 0 Å². The minimum atomic E-state index is -0.858. The molecule has 2 heteroatoms. The fourth-order valence-corrected chi connectivity index (χ4v) is 1.43. The number of benzene rings is 1. The zero-order chi connectivity index (χ0) is 11.3. The lowest BCUT2D eigenvalue weighted by Gasteiger charge is -2.07. The zero-order valence-corrected chi connectivity index (χ0v) is 9.36. The van der Waals surface area contributed by atoms with Gasteiger partial charge in [-0.1, -0.05) is 32.4 Å². The fourth-order valence-electron chi connectivity index (χ4n) is 1.43. The highest BCUT2D eigenvalue weighted by molar-refractivity contribution is 5.87. The molecule has 82 valence electrons. The second-order valence-electron chi connectivity index (χ2n) is 4.05. The average Bonchev–Trinajstić information content (AvgIpc) is 2.26. The van der Waals surface area contributed by atoms with E-state index >= 15 is 0 Å². The van der Waals surface area contributed by atoms with Crippen LogP contribution in [0.25, 0.3) is 0 Å². The normalized spacial score (nSPS) is 12.4. The van der Waals surface area contributed by atoms with Crippen molar-refractivity contribution < 1.29 is 9.90 Å². The first-order chi connectivity index (χ1) is 7.13. The maximum absolute atomic E-state index is 10.6. The monoisotopic (exact) mass is 206 g/mol. The van der Waals surface area contributed by atoms with Crippen molar-refractivity contribution in [2.75, 3.05) is 0 Å². The lowest BCUT2D eigenvalue weighted by Crippen LogP contribution is -1.98. The van der Waals surface area contributed by atoms with E-state index in [0.717, 1.165) is 12.3 Å². The Morgan fingerprint density at radius 3 is 2.40 bits per heavy atom. The molecule has 2 nitrogen and oxygen atoms in total. The Balaban J connectivity index is 2.53. The number of hydrogen-bond acceptors (Lipinski definition) is 1. The summed E-state index contributed by atoms with van der Waals surface area (Å²) in [5.41, 5.74) is 1.59. The smallest absolute Gasteiger partial charge is 0.335 e. The molecule has 0 amide bonds. The number of aryl methyl sites for hydroxylation is 1. The SMILES string of the molecule is CCC(C)CCc1ccc(C(=O)O)cc1. The van der Waals surface area contributed by atoms with E-state index in [0.29, 0.717) is 5.56 Å². The van der Waals surface area contributed by atoms with Gasteiger partial charge in [0.15, 0.2) is 0 Å². The van der Waals surface area contributed by atoms with Crippen LogP contribution in [-0.2, 0) is 6.42 Å². The van der Waals surface area contributed by atoms with Crippen LogP contribution in [0.3, 0.4) is 0 Å². The summed E-state index contributed by atoms with van der Waals surface area (Å²) in [6, 6.07) is 7.17. The molecular weight excluding hydrogens is 188 g/mol. The summed E-state index contributed by atoms with van der Waals surface area (Å²) in [7, 11) is 0. The van der Waals surface area contributed by atoms with Gasteiger partial charge >= 0.3 is 5.97 Å². The molecule has 0 radical (unpaired) electrons. The van der Waals surface area contributed by atoms with Crippen LogP contribution in [0.5, 0.6) is 0 Å². The summed E-state index contributed by atoms with van der Waals surface area (Å²) in [6.07, 6.45) is 3.41. The number of hydrogen-bond donors (Lipinski definition) is 1. The molecule has 0 aromatic heterocycles. The lowest BCUT2D eigenvalue weighted by atomic mass is 9.98. The van der Waals surface area contributed by atoms with Gasteiger partial charge in [0, 0.05) is 0 Å². The molecule has 1 aromatic carbocycles. The standard InChI is InChI=1S/C13H18O2/c1-3-10(2)4-5-11-6-8-12(9-7-11)13(14)15/h6-10H,3-5H2,1-2H3,(H,14,15). The molecule has 0 saturated heterocycles. The van der Waals surface area contributed by atoms with Crippen molar-refractivity contribution in [3.05, 3.63) is 35.4 Å². The third-order valence-electron chi connectivity index (χ3n) is 2.82. The first-order valence-corrected chi connectivity index (χ1v) is 5.45. The van der Waals surface area contributed by atoms with Crippen molar-refractivity contribution in [1.82, 2.24) is 0 Å². The largest absolute Gasteiger partial charge is 0.478 e. The van der Waals surface area contributed by atoms with E-state index in [2.05, 4.69) is 13.8 Å². The lowest BCUT2D eigenvalue weighted by molar-refractivity contribution is 0.0697. The van der Waals surface area contributed by atoms with E-state index in [1.807, 2.05) is 12.1 Å². The summed E-state index contributed by atoms with van der Waals surface area (Å²) in [6.45, 7) is 4.43. The summed E-state index contributed by atoms with van der Waals surface area (Å²) in [5.74, 6) is -0.118. The molecule has 0 spiro atoms. The predicted molar refractivity (Wildman–Crippen MR) is 61.2 cm³/mol. The van der Waals surface area contributed by atoms with Crippen molar-refractivity contribution in [1.29, 1.82) is 0 Å². The minimum Gasteiger partial charge on any atom is -0.478 e. The van der Waals surface area contributed by atoms with Crippen LogP contribution in [0.1, 0.15) is 42.6 Å². The van der Waals surface area contributed by atoms with E-state index in [-0.39, 0.29) is 0 Å². The molecule has 1 aromatic rings. The highest BCUT2D eigenvalue weighted by Gasteiger charge is 2.03. The molecule has 1 rings (SSSR count). The highest BCUT2D eigenvalue weighted by atomic mass is 16.4. The number of carbonyl (C=O) groups is 1. The Labute approximate surface area is 90.9 Å². The maximum Gasteiger partial charge on any atom is 0.335 e. The fraction of sp³-hybridized carbons (Fsp3) is 0.462. The molecule has 1 N–H and O–H groups in total. The Morgan fingerprint density at radius 1 is 1.33 bits per heavy atom. The third-order valence-corrected chi connectivity index (χ3v) is 2.82. The molecule has 1 atom stereocenters. The van der Waals surface area contributed by atoms with Crippen LogP contribution in [0.4, 0.5) is 0 Å². The molecule has 0 aliphatic carbocycles. The first kappa shape index (κ1) is 11.8. The van der Waals surface area contributed by atoms with E-state index in [1.54, 1.807) is 12.1 Å². The van der Waals surface area contributed by atoms with Crippen molar-refractivity contribution in [2.45, 2.75) is 33.1 Å². The van der Waals surface area contributed by atoms with Gasteiger partial charge in [0.2, 0.25) is 0 Å². The summed E-state index contributed by atoms with van der Waals surface area (Å²) in [4.78, 5) is 10.6. The van der Waals surface area contributed by atoms with E-state index in [4.69, 9.17) is 5.11 Å². The van der Waals surface area contributed by atoms with Crippen molar-refractivity contribution in [3.8, 4) is 0 Å². The number of aromatic carboxylic acids is 1. The third kappa shape index (κ3) is 3.74. The van der Waals surface area contributed by atoms with Crippen LogP contribution in [0.2, 0.25) is 0 Å². The molecule has 0 aliphatic heterocycles. The van der Waals surface area contributed by atoms with Crippen LogP contribution in [0, 0.1) is 5.92 Å². The average molecular weight is 206 g/mol. The molecule has 1 unspecified atom stereocenters. The van der Waals surface area contributed by atoms with Gasteiger partial charge in [0.25, 0.3) is 0 Å². The Kier molecular flexibility index (Phi) is 4.35. The Bertz CT molecular complexity index is 314. The summed E-state index contributed by atoms with van der Waals surface area (Å²) in [5, 5.41) is 8.73. The van der Waals surface area contributed by atoms with Gasteiger partial charge in [-0.3, -0.25) is 0 Å². The van der Waals surface area contributed by atoms with Crippen LogP contribution in [0.15, 0.2) is 24.3 Å². The first-order valence-electron chi connectivity index (χ1n) is 5.45. The van der Waals surface area contributed by atoms with Gasteiger partial charge in [-0.05, 0) is 36.5 Å². The van der Waals surface area contributed by atoms with Gasteiger partial charge in [0.1, 0.15) is 0 Å². The molecule has 0 bridgehead atoms. The Morgan fingerprint density at radius 2 is 1.93 bits per heavy atom. The van der Waals surface area contributed by atoms with Crippen LogP contribution < -0.4 is 0 Å². The van der Waals surface area contributed by atoms with Gasteiger partial charge in [0.05, 0.1) is 5.56 Å². The van der Waals surface area contributed by atoms with Crippen molar-refractivity contribution in [2.24, 2.45) is 5.92 Å². The number of carboxylic acids is 1. The van der Waals surface area contributed by atoms with E-state index < -0.39 is 5.97 Å². The van der Waals surface area contributed by atoms with Gasteiger partial charge in [-0.2, -0.15) is 0 Å². The number of rotatable bonds is 5. The predicted octanol–water partition coefficient (Wildman–Crippen LogP) is 3.36. The van der Waals surface area contributed by atoms with Crippen LogP contribution >= 0.6 is 0 Å². The quantitative estimate of drug-likeness (QED) is 0.802. The molecule has 0 aliphatic rings. The second kappa shape index (κ2) is 5.54. The van der Waals surface area contributed by atoms with Crippen molar-refractivity contribution >= 4 is 5.97 Å². The maximum atomic E-state index is 10.6. The molecular formula is C13H18O2. The van der Waals surface area contributed by atoms with Crippen LogP contribution in [-0.4, -0.2) is 11.1 Å². The minimum absolute atomic E-state index is 0.363. The molecule has 0 fully saturated rings. The van der Waals surface area contributed by atoms with Gasteiger partial charge < -0.3 is 5.11 Å². The second-order valence-corrected chi connectivity index (χ2v) is 4.05. The number of carboxylic acid groups (broad SMARTS) is 1. The topological polar surface area (TPSA) is 37.3 Å².